The fourth-order valence-corrected chi connectivity index (χ4v) is 3.99. The van der Waals surface area contributed by atoms with E-state index in [4.69, 9.17) is 0 Å². The molecule has 1 aromatic heterocycles. The van der Waals surface area contributed by atoms with Gasteiger partial charge in [-0.2, -0.15) is 5.10 Å². The maximum Gasteiger partial charge on any atom is 0.323 e. The Kier molecular flexibility index (Phi) is 4.03. The number of halogens is 1. The van der Waals surface area contributed by atoms with Crippen molar-refractivity contribution in [3.63, 3.8) is 0 Å². The zero-order chi connectivity index (χ0) is 17.3. The number of anilines is 1. The maximum atomic E-state index is 12.8. The Balaban J connectivity index is 1.51. The molecule has 2 heterocycles. The van der Waals surface area contributed by atoms with Crippen molar-refractivity contribution in [2.45, 2.75) is 25.4 Å². The van der Waals surface area contributed by atoms with Gasteiger partial charge in [0.15, 0.2) is 5.82 Å². The molecule has 1 unspecified atom stereocenters. The van der Waals surface area contributed by atoms with Gasteiger partial charge in [0.25, 0.3) is 0 Å². The van der Waals surface area contributed by atoms with Crippen LogP contribution in [-0.2, 0) is 6.54 Å². The summed E-state index contributed by atoms with van der Waals surface area (Å²) in [5.74, 6) is 0.454. The molecule has 6 heteroatoms. The number of aryl methyl sites for hydroxylation is 1. The minimum Gasteiger partial charge on any atom is -0.316 e. The summed E-state index contributed by atoms with van der Waals surface area (Å²) < 4.78 is 13.9. The Bertz CT molecular complexity index is 778. The lowest BCUT2D eigenvalue weighted by molar-refractivity contribution is -0.0308. The molecule has 2 amide bonds. The Labute approximate surface area is 146 Å². The number of hydrogen-bond donors (Lipinski definition) is 1. The van der Waals surface area contributed by atoms with Gasteiger partial charge >= 0.3 is 6.03 Å². The van der Waals surface area contributed by atoms with Crippen molar-refractivity contribution in [3.8, 4) is 0 Å². The number of nitrogens with one attached hydrogen (secondary N) is 1. The number of urea groups is 1. The van der Waals surface area contributed by atoms with E-state index in [1.54, 1.807) is 12.3 Å². The molecule has 0 radical (unpaired) electrons. The standard InChI is InChI=1S/C19H21FN4O/c20-11-13-23-12-8-16(22-23)21-18(25)24-14-19(9-4-5-10-19)17(24)15-6-2-1-3-7-15/h1-8,12,17H,9-11,13-14H2,(H,21,22,25). The normalized spacial score (nSPS) is 20.7. The van der Waals surface area contributed by atoms with Gasteiger partial charge < -0.3 is 4.90 Å². The molecule has 1 N–H and O–H groups in total. The molecular formula is C19H21FN4O. The van der Waals surface area contributed by atoms with Crippen molar-refractivity contribution in [2.24, 2.45) is 5.41 Å². The molecule has 1 spiro atoms. The highest BCUT2D eigenvalue weighted by Gasteiger charge is 2.54. The number of carbonyl (C=O) groups is 1. The molecule has 1 aliphatic carbocycles. The Morgan fingerprint density at radius 1 is 1.24 bits per heavy atom. The lowest BCUT2D eigenvalue weighted by Gasteiger charge is -2.56. The van der Waals surface area contributed by atoms with Gasteiger partial charge in [-0.1, -0.05) is 42.5 Å². The second-order valence-electron chi connectivity index (χ2n) is 6.77. The first-order valence-electron chi connectivity index (χ1n) is 8.59. The monoisotopic (exact) mass is 340 g/mol. The Morgan fingerprint density at radius 2 is 2.00 bits per heavy atom. The average Bonchev–Trinajstić information content (AvgIpc) is 3.25. The van der Waals surface area contributed by atoms with Crippen LogP contribution in [0.25, 0.3) is 0 Å². The SMILES string of the molecule is O=C(Nc1ccn(CCF)n1)N1CC2(CC=CC2)C1c1ccccc1. The lowest BCUT2D eigenvalue weighted by Crippen LogP contribution is -2.60. The highest BCUT2D eigenvalue weighted by Crippen LogP contribution is 2.56. The smallest absolute Gasteiger partial charge is 0.316 e. The summed E-state index contributed by atoms with van der Waals surface area (Å²) in [6.07, 6.45) is 8.10. The van der Waals surface area contributed by atoms with Crippen molar-refractivity contribution in [3.05, 3.63) is 60.3 Å². The summed E-state index contributed by atoms with van der Waals surface area (Å²) in [5.41, 5.74) is 1.28. The first-order chi connectivity index (χ1) is 12.2. The zero-order valence-corrected chi connectivity index (χ0v) is 13.9. The number of alkyl halides is 1. The lowest BCUT2D eigenvalue weighted by atomic mass is 9.67. The van der Waals surface area contributed by atoms with E-state index in [0.717, 1.165) is 24.9 Å². The van der Waals surface area contributed by atoms with E-state index in [0.29, 0.717) is 5.82 Å². The second kappa shape index (κ2) is 6.35. The summed E-state index contributed by atoms with van der Waals surface area (Å²) in [5, 5.41) is 7.01. The number of carbonyl (C=O) groups excluding carboxylic acids is 1. The van der Waals surface area contributed by atoms with Crippen LogP contribution >= 0.6 is 0 Å². The minimum absolute atomic E-state index is 0.0663. The predicted octanol–water partition coefficient (Wildman–Crippen LogP) is 3.78. The summed E-state index contributed by atoms with van der Waals surface area (Å²) in [4.78, 5) is 14.6. The number of amides is 2. The molecule has 2 aromatic rings. The number of hydrogen-bond acceptors (Lipinski definition) is 2. The van der Waals surface area contributed by atoms with Gasteiger partial charge in [-0.15, -0.1) is 0 Å². The van der Waals surface area contributed by atoms with E-state index in [9.17, 15) is 9.18 Å². The zero-order valence-electron chi connectivity index (χ0n) is 13.9. The van der Waals surface area contributed by atoms with Crippen LogP contribution in [0.15, 0.2) is 54.7 Å². The van der Waals surface area contributed by atoms with Crippen molar-refractivity contribution >= 4 is 11.8 Å². The van der Waals surface area contributed by atoms with Gasteiger partial charge in [0.2, 0.25) is 0 Å². The van der Waals surface area contributed by atoms with Gasteiger partial charge in [0, 0.05) is 24.2 Å². The number of rotatable bonds is 4. The highest BCUT2D eigenvalue weighted by molar-refractivity contribution is 5.89. The van der Waals surface area contributed by atoms with Crippen LogP contribution in [0.1, 0.15) is 24.4 Å². The van der Waals surface area contributed by atoms with Crippen LogP contribution in [-0.4, -0.2) is 33.9 Å². The fraction of sp³-hybridized carbons (Fsp3) is 0.368. The summed E-state index contributed by atoms with van der Waals surface area (Å²) in [6.45, 7) is 0.449. The van der Waals surface area contributed by atoms with Gasteiger partial charge in [-0.05, 0) is 18.4 Å². The molecule has 4 rings (SSSR count). The van der Waals surface area contributed by atoms with Crippen molar-refractivity contribution in [1.82, 2.24) is 14.7 Å². The van der Waals surface area contributed by atoms with Crippen LogP contribution in [0.5, 0.6) is 0 Å². The minimum atomic E-state index is -0.479. The van der Waals surface area contributed by atoms with E-state index in [2.05, 4.69) is 34.7 Å². The van der Waals surface area contributed by atoms with Crippen LogP contribution < -0.4 is 5.32 Å². The number of benzene rings is 1. The van der Waals surface area contributed by atoms with Crippen LogP contribution in [0, 0.1) is 5.41 Å². The number of aromatic nitrogens is 2. The van der Waals surface area contributed by atoms with Crippen molar-refractivity contribution in [2.75, 3.05) is 18.5 Å². The molecule has 1 aromatic carbocycles. The first-order valence-corrected chi connectivity index (χ1v) is 8.59. The summed E-state index contributed by atoms with van der Waals surface area (Å²) in [7, 11) is 0. The van der Waals surface area contributed by atoms with E-state index < -0.39 is 6.67 Å². The summed E-state index contributed by atoms with van der Waals surface area (Å²) >= 11 is 0. The molecular weight excluding hydrogens is 319 g/mol. The van der Waals surface area contributed by atoms with Gasteiger partial charge in [-0.25, -0.2) is 9.18 Å². The van der Waals surface area contributed by atoms with Gasteiger partial charge in [0.1, 0.15) is 6.67 Å². The number of allylic oxidation sites excluding steroid dienone is 2. The van der Waals surface area contributed by atoms with Crippen LogP contribution in [0.3, 0.4) is 0 Å². The second-order valence-corrected chi connectivity index (χ2v) is 6.77. The molecule has 2 aliphatic rings. The number of likely N-dealkylation sites (tertiary alicyclic amines) is 1. The fourth-order valence-electron chi connectivity index (χ4n) is 3.99. The third-order valence-electron chi connectivity index (χ3n) is 5.16. The van der Waals surface area contributed by atoms with Gasteiger partial charge in [-0.3, -0.25) is 10.00 Å². The summed E-state index contributed by atoms with van der Waals surface area (Å²) in [6, 6.07) is 11.8. The van der Waals surface area contributed by atoms with E-state index in [-0.39, 0.29) is 24.0 Å². The third-order valence-corrected chi connectivity index (χ3v) is 5.16. The molecule has 5 nitrogen and oxygen atoms in total. The molecule has 0 saturated carbocycles. The molecule has 1 saturated heterocycles. The Morgan fingerprint density at radius 3 is 2.72 bits per heavy atom. The molecule has 1 fully saturated rings. The van der Waals surface area contributed by atoms with Crippen molar-refractivity contribution in [1.29, 1.82) is 0 Å². The van der Waals surface area contributed by atoms with E-state index >= 15 is 0 Å². The average molecular weight is 340 g/mol. The third kappa shape index (κ3) is 2.81. The highest BCUT2D eigenvalue weighted by atomic mass is 19.1. The molecule has 25 heavy (non-hydrogen) atoms. The van der Waals surface area contributed by atoms with Crippen LogP contribution in [0.2, 0.25) is 0 Å². The van der Waals surface area contributed by atoms with E-state index in [1.807, 2.05) is 23.1 Å². The first kappa shape index (κ1) is 15.9. The maximum absolute atomic E-state index is 12.8. The van der Waals surface area contributed by atoms with Crippen LogP contribution in [0.4, 0.5) is 15.0 Å². The topological polar surface area (TPSA) is 50.2 Å². The molecule has 0 bridgehead atoms. The molecule has 1 atom stereocenters. The van der Waals surface area contributed by atoms with Gasteiger partial charge in [0.05, 0.1) is 12.6 Å². The molecule has 130 valence electrons. The predicted molar refractivity (Wildman–Crippen MR) is 93.9 cm³/mol. The number of nitrogens with zero attached hydrogens (tertiary/aromatic N) is 3. The van der Waals surface area contributed by atoms with E-state index in [1.165, 1.54) is 4.68 Å². The Hall–Kier alpha value is -2.63. The molecule has 1 aliphatic heterocycles. The largest absolute Gasteiger partial charge is 0.323 e. The quantitative estimate of drug-likeness (QED) is 0.861. The van der Waals surface area contributed by atoms with Crippen molar-refractivity contribution < 1.29 is 9.18 Å².